The first-order valence-corrected chi connectivity index (χ1v) is 7.73. The van der Waals surface area contributed by atoms with Crippen molar-refractivity contribution in [2.45, 2.75) is 58.2 Å². The first-order valence-electron chi connectivity index (χ1n) is 7.73. The molecule has 0 aromatic rings. The van der Waals surface area contributed by atoms with Crippen molar-refractivity contribution in [3.8, 4) is 0 Å². The van der Waals surface area contributed by atoms with Gasteiger partial charge in [0.15, 0.2) is 0 Å². The van der Waals surface area contributed by atoms with E-state index < -0.39 is 0 Å². The summed E-state index contributed by atoms with van der Waals surface area (Å²) in [6.07, 6.45) is 7.09. The molecule has 0 aromatic heterocycles. The van der Waals surface area contributed by atoms with Gasteiger partial charge in [0.2, 0.25) is 0 Å². The molecule has 1 N–H and O–H groups in total. The summed E-state index contributed by atoms with van der Waals surface area (Å²) >= 11 is 0. The Morgan fingerprint density at radius 3 is 2.58 bits per heavy atom. The Hall–Kier alpha value is -0.160. The molecular weight excluding hydrogens is 244 g/mol. The molecule has 0 bridgehead atoms. The second-order valence-electron chi connectivity index (χ2n) is 5.28. The number of ether oxygens (including phenoxy) is 3. The number of unbranched alkanes of at least 4 members (excludes halogenated alkanes) is 1. The lowest BCUT2D eigenvalue weighted by Crippen LogP contribution is -2.12. The maximum Gasteiger partial charge on any atom is 0.107 e. The highest BCUT2D eigenvalue weighted by Gasteiger charge is 2.39. The predicted molar refractivity (Wildman–Crippen MR) is 75.3 cm³/mol. The van der Waals surface area contributed by atoms with Crippen molar-refractivity contribution >= 4 is 0 Å². The van der Waals surface area contributed by atoms with Crippen LogP contribution < -0.4 is 0 Å². The minimum atomic E-state index is 0.0734. The quantitative estimate of drug-likeness (QED) is 0.414. The molecule has 0 saturated carbocycles. The minimum Gasteiger partial charge on any atom is -0.394 e. The predicted octanol–water partition coefficient (Wildman–Crippen LogP) is 2.39. The molecule has 0 aliphatic carbocycles. The molecule has 3 unspecified atom stereocenters. The Labute approximate surface area is 117 Å². The van der Waals surface area contributed by atoms with Crippen molar-refractivity contribution in [2.75, 3.05) is 33.0 Å². The number of hydrogen-bond donors (Lipinski definition) is 1. The van der Waals surface area contributed by atoms with Crippen molar-refractivity contribution in [3.05, 3.63) is 0 Å². The zero-order valence-electron chi connectivity index (χ0n) is 12.5. The third-order valence-corrected chi connectivity index (χ3v) is 3.69. The number of rotatable bonds is 13. The first-order chi connectivity index (χ1) is 9.31. The fraction of sp³-hybridized carbons (Fsp3) is 1.00. The summed E-state index contributed by atoms with van der Waals surface area (Å²) in [7, 11) is 0. The molecule has 0 radical (unpaired) electrons. The van der Waals surface area contributed by atoms with Gasteiger partial charge in [-0.15, -0.1) is 0 Å². The summed E-state index contributed by atoms with van der Waals surface area (Å²) in [5.41, 5.74) is 0. The molecule has 0 aromatic carbocycles. The summed E-state index contributed by atoms with van der Waals surface area (Å²) < 4.78 is 16.3. The molecule has 1 aliphatic rings. The Balaban J connectivity index is 1.95. The maximum absolute atomic E-state index is 8.54. The molecule has 4 heteroatoms. The maximum atomic E-state index is 8.54. The summed E-state index contributed by atoms with van der Waals surface area (Å²) in [5.74, 6) is 0.808. The highest BCUT2D eigenvalue weighted by atomic mass is 16.6. The lowest BCUT2D eigenvalue weighted by atomic mass is 9.93. The van der Waals surface area contributed by atoms with Crippen LogP contribution in [0.4, 0.5) is 0 Å². The monoisotopic (exact) mass is 274 g/mol. The Bertz CT molecular complexity index is 210. The fourth-order valence-corrected chi connectivity index (χ4v) is 2.33. The van der Waals surface area contributed by atoms with Crippen LogP contribution in [0.3, 0.4) is 0 Å². The third kappa shape index (κ3) is 7.88. The minimum absolute atomic E-state index is 0.0734. The third-order valence-electron chi connectivity index (χ3n) is 3.69. The van der Waals surface area contributed by atoms with E-state index in [-0.39, 0.29) is 6.61 Å². The van der Waals surface area contributed by atoms with Crippen molar-refractivity contribution in [3.63, 3.8) is 0 Å². The van der Waals surface area contributed by atoms with Gasteiger partial charge in [0.25, 0.3) is 0 Å². The van der Waals surface area contributed by atoms with Crippen LogP contribution in [-0.2, 0) is 14.2 Å². The van der Waals surface area contributed by atoms with Crippen molar-refractivity contribution in [2.24, 2.45) is 5.92 Å². The zero-order valence-corrected chi connectivity index (χ0v) is 12.5. The van der Waals surface area contributed by atoms with E-state index in [0.717, 1.165) is 5.92 Å². The van der Waals surface area contributed by atoms with Gasteiger partial charge in [0, 0.05) is 0 Å². The molecular formula is C15H30O4. The van der Waals surface area contributed by atoms with E-state index in [4.69, 9.17) is 19.3 Å². The molecule has 1 rings (SSSR count). The van der Waals surface area contributed by atoms with E-state index in [0.29, 0.717) is 38.6 Å². The van der Waals surface area contributed by atoms with E-state index in [2.05, 4.69) is 13.8 Å². The van der Waals surface area contributed by atoms with Crippen molar-refractivity contribution in [1.29, 1.82) is 0 Å². The van der Waals surface area contributed by atoms with Crippen molar-refractivity contribution in [1.82, 2.24) is 0 Å². The lowest BCUT2D eigenvalue weighted by molar-refractivity contribution is 0.0287. The van der Waals surface area contributed by atoms with Gasteiger partial charge < -0.3 is 19.3 Å². The van der Waals surface area contributed by atoms with Crippen LogP contribution in [0.5, 0.6) is 0 Å². The largest absolute Gasteiger partial charge is 0.394 e. The second-order valence-corrected chi connectivity index (χ2v) is 5.28. The molecule has 4 nitrogen and oxygen atoms in total. The smallest absolute Gasteiger partial charge is 0.107 e. The topological polar surface area (TPSA) is 51.2 Å². The fourth-order valence-electron chi connectivity index (χ4n) is 2.33. The highest BCUT2D eigenvalue weighted by molar-refractivity contribution is 4.86. The second kappa shape index (κ2) is 10.6. The van der Waals surface area contributed by atoms with E-state index in [1.165, 1.54) is 32.1 Å². The Kier molecular flexibility index (Phi) is 9.43. The van der Waals surface area contributed by atoms with E-state index >= 15 is 0 Å². The normalized spacial score (nSPS) is 23.5. The average Bonchev–Trinajstić information content (AvgIpc) is 3.16. The van der Waals surface area contributed by atoms with E-state index in [1.54, 1.807) is 0 Å². The van der Waals surface area contributed by atoms with Crippen LogP contribution >= 0.6 is 0 Å². The summed E-state index contributed by atoms with van der Waals surface area (Å²) in [4.78, 5) is 0. The lowest BCUT2D eigenvalue weighted by Gasteiger charge is -2.12. The molecule has 0 amide bonds. The van der Waals surface area contributed by atoms with Crippen LogP contribution in [-0.4, -0.2) is 50.3 Å². The molecule has 19 heavy (non-hydrogen) atoms. The van der Waals surface area contributed by atoms with Crippen LogP contribution in [0.15, 0.2) is 0 Å². The van der Waals surface area contributed by atoms with Gasteiger partial charge in [0.05, 0.1) is 39.1 Å². The number of hydrogen-bond acceptors (Lipinski definition) is 4. The van der Waals surface area contributed by atoms with Gasteiger partial charge in [-0.25, -0.2) is 0 Å². The Morgan fingerprint density at radius 1 is 1.11 bits per heavy atom. The first kappa shape index (κ1) is 16.9. The highest BCUT2D eigenvalue weighted by Crippen LogP contribution is 2.31. The van der Waals surface area contributed by atoms with Gasteiger partial charge >= 0.3 is 0 Å². The summed E-state index contributed by atoms with van der Waals surface area (Å²) in [6.45, 7) is 6.79. The number of aliphatic hydroxyl groups is 1. The van der Waals surface area contributed by atoms with Crippen LogP contribution in [0.25, 0.3) is 0 Å². The molecule has 3 atom stereocenters. The van der Waals surface area contributed by atoms with Crippen molar-refractivity contribution < 1.29 is 19.3 Å². The molecule has 1 aliphatic heterocycles. The molecule has 114 valence electrons. The number of epoxide rings is 1. The summed E-state index contributed by atoms with van der Waals surface area (Å²) in [6, 6.07) is 0. The van der Waals surface area contributed by atoms with Crippen LogP contribution in [0.2, 0.25) is 0 Å². The molecule has 0 spiro atoms. The van der Waals surface area contributed by atoms with Crippen LogP contribution in [0, 0.1) is 5.92 Å². The van der Waals surface area contributed by atoms with Gasteiger partial charge in [-0.2, -0.15) is 0 Å². The Morgan fingerprint density at radius 2 is 1.89 bits per heavy atom. The molecule has 1 saturated heterocycles. The van der Waals surface area contributed by atoms with Gasteiger partial charge in [-0.1, -0.05) is 39.5 Å². The average molecular weight is 274 g/mol. The van der Waals surface area contributed by atoms with Gasteiger partial charge in [0.1, 0.15) is 6.10 Å². The van der Waals surface area contributed by atoms with Gasteiger partial charge in [-0.05, 0) is 12.3 Å². The van der Waals surface area contributed by atoms with Crippen LogP contribution in [0.1, 0.15) is 46.0 Å². The zero-order chi connectivity index (χ0) is 13.9. The van der Waals surface area contributed by atoms with E-state index in [9.17, 15) is 0 Å². The molecule has 1 fully saturated rings. The van der Waals surface area contributed by atoms with Gasteiger partial charge in [-0.3, -0.25) is 0 Å². The summed E-state index contributed by atoms with van der Waals surface area (Å²) in [5, 5.41) is 8.54. The molecule has 1 heterocycles. The SMILES string of the molecule is CCCCC(CC)CC1OC1COCCOCCO. The number of aliphatic hydroxyl groups excluding tert-OH is 1. The van der Waals surface area contributed by atoms with E-state index in [1.807, 2.05) is 0 Å². The standard InChI is InChI=1S/C15H30O4/c1-3-5-6-13(4-2)11-14-15(19-14)12-18-10-9-17-8-7-16/h13-16H,3-12H2,1-2H3.